The molecule has 1 unspecified atom stereocenters. The zero-order valence-electron chi connectivity index (χ0n) is 22.0. The Hall–Kier alpha value is -3.44. The Morgan fingerprint density at radius 1 is 1.05 bits per heavy atom. The Kier molecular flexibility index (Phi) is 12.8. The summed E-state index contributed by atoms with van der Waals surface area (Å²) in [6, 6.07) is 5.04. The first-order valence-corrected chi connectivity index (χ1v) is 12.1. The molecule has 1 heterocycles. The number of carbonyl (C=O) groups is 3. The monoisotopic (exact) mass is 540 g/mol. The molecule has 11 nitrogen and oxygen atoms in total. The predicted octanol–water partition coefficient (Wildman–Crippen LogP) is 5.04. The number of nitro groups is 1. The average molecular weight is 541 g/mol. The standard InChI is InChI=1S/C23H27ClN2O9.C2H6/c1-13(2)35-22(28)19-15(4)25(23(29)34-12-24)14(3)18(21(27)33-10-9-32-5)20(19)16-7-6-8-17(11-16)26(30)31;1-2/h6-8,11,13,20H,9-10,12H2,1-5H3;1-2H3. The molecule has 0 aromatic heterocycles. The maximum atomic E-state index is 13.3. The number of ether oxygens (including phenoxy) is 4. The maximum Gasteiger partial charge on any atom is 0.419 e. The van der Waals surface area contributed by atoms with Crippen LogP contribution < -0.4 is 0 Å². The topological polar surface area (TPSA) is 135 Å². The van der Waals surface area contributed by atoms with E-state index in [1.54, 1.807) is 13.8 Å². The second kappa shape index (κ2) is 15.0. The van der Waals surface area contributed by atoms with E-state index < -0.39 is 41.0 Å². The molecule has 0 saturated heterocycles. The number of rotatable bonds is 9. The number of methoxy groups -OCH3 is 1. The number of esters is 2. The molecular weight excluding hydrogens is 508 g/mol. The van der Waals surface area contributed by atoms with Crippen LogP contribution in [0, 0.1) is 10.1 Å². The number of halogens is 1. The van der Waals surface area contributed by atoms with Gasteiger partial charge in [0.15, 0.2) is 6.07 Å². The second-order valence-corrected chi connectivity index (χ2v) is 7.94. The lowest BCUT2D eigenvalue weighted by Crippen LogP contribution is -2.39. The number of hydrogen-bond acceptors (Lipinski definition) is 9. The fourth-order valence-electron chi connectivity index (χ4n) is 3.70. The summed E-state index contributed by atoms with van der Waals surface area (Å²) < 4.78 is 20.6. The molecule has 204 valence electrons. The fourth-order valence-corrected chi connectivity index (χ4v) is 3.79. The molecule has 0 radical (unpaired) electrons. The SMILES string of the molecule is CC.COCCOC(=O)C1=C(C)N(C(=O)OCCl)C(C)=C(C(=O)OC(C)C)C1c1cccc([N+](=O)[O-])c1. The number of hydrogen-bond donors (Lipinski definition) is 0. The van der Waals surface area contributed by atoms with Gasteiger partial charge in [0.05, 0.1) is 34.7 Å². The summed E-state index contributed by atoms with van der Waals surface area (Å²) in [7, 11) is 1.43. The molecule has 0 N–H and O–H groups in total. The van der Waals surface area contributed by atoms with Crippen LogP contribution in [-0.2, 0) is 28.5 Å². The van der Waals surface area contributed by atoms with Crippen LogP contribution in [0.3, 0.4) is 0 Å². The van der Waals surface area contributed by atoms with Gasteiger partial charge in [0, 0.05) is 30.6 Å². The molecule has 1 aromatic rings. The van der Waals surface area contributed by atoms with E-state index in [1.165, 1.54) is 45.2 Å². The van der Waals surface area contributed by atoms with Crippen molar-refractivity contribution in [2.75, 3.05) is 26.4 Å². The quantitative estimate of drug-likeness (QED) is 0.105. The zero-order chi connectivity index (χ0) is 28.3. The van der Waals surface area contributed by atoms with Crippen LogP contribution in [0.25, 0.3) is 0 Å². The van der Waals surface area contributed by atoms with Gasteiger partial charge in [0.25, 0.3) is 5.69 Å². The van der Waals surface area contributed by atoms with Crippen LogP contribution in [-0.4, -0.2) is 60.3 Å². The highest BCUT2D eigenvalue weighted by Crippen LogP contribution is 2.44. The Labute approximate surface area is 221 Å². The fraction of sp³-hybridized carbons (Fsp3) is 0.480. The number of amides is 1. The largest absolute Gasteiger partial charge is 0.460 e. The first-order chi connectivity index (χ1) is 17.5. The number of nitrogens with zero attached hydrogens (tertiary/aromatic N) is 2. The van der Waals surface area contributed by atoms with E-state index in [0.717, 1.165) is 4.90 Å². The number of allylic oxidation sites excluding steroid dienone is 2. The molecule has 1 aromatic carbocycles. The van der Waals surface area contributed by atoms with E-state index in [0.29, 0.717) is 0 Å². The minimum Gasteiger partial charge on any atom is -0.460 e. The van der Waals surface area contributed by atoms with Gasteiger partial charge in [-0.25, -0.2) is 14.4 Å². The maximum absolute atomic E-state index is 13.3. The number of non-ortho nitro benzene ring substituents is 1. The van der Waals surface area contributed by atoms with Crippen LogP contribution in [0.4, 0.5) is 10.5 Å². The van der Waals surface area contributed by atoms with Crippen LogP contribution >= 0.6 is 11.6 Å². The van der Waals surface area contributed by atoms with Gasteiger partial charge in [-0.1, -0.05) is 37.6 Å². The summed E-state index contributed by atoms with van der Waals surface area (Å²) in [5.74, 6) is -2.79. The molecule has 1 atom stereocenters. The smallest absolute Gasteiger partial charge is 0.419 e. The highest BCUT2D eigenvalue weighted by Gasteiger charge is 2.43. The molecule has 0 fully saturated rings. The molecule has 0 bridgehead atoms. The first-order valence-electron chi connectivity index (χ1n) is 11.6. The first kappa shape index (κ1) is 31.6. The van der Waals surface area contributed by atoms with Gasteiger partial charge in [0.2, 0.25) is 0 Å². The summed E-state index contributed by atoms with van der Waals surface area (Å²) in [6.45, 7) is 10.2. The lowest BCUT2D eigenvalue weighted by atomic mass is 9.79. The van der Waals surface area contributed by atoms with E-state index in [1.807, 2.05) is 13.8 Å². The van der Waals surface area contributed by atoms with Crippen LogP contribution in [0.2, 0.25) is 0 Å². The molecule has 12 heteroatoms. The van der Waals surface area contributed by atoms with Crippen molar-refractivity contribution >= 4 is 35.3 Å². The van der Waals surface area contributed by atoms with Gasteiger partial charge in [-0.2, -0.15) is 0 Å². The van der Waals surface area contributed by atoms with Crippen molar-refractivity contribution in [3.63, 3.8) is 0 Å². The molecule has 1 aliphatic heterocycles. The van der Waals surface area contributed by atoms with Crippen molar-refractivity contribution in [1.29, 1.82) is 0 Å². The second-order valence-electron chi connectivity index (χ2n) is 7.72. The lowest BCUT2D eigenvalue weighted by molar-refractivity contribution is -0.384. The summed E-state index contributed by atoms with van der Waals surface area (Å²) >= 11 is 5.57. The van der Waals surface area contributed by atoms with Gasteiger partial charge < -0.3 is 18.9 Å². The summed E-state index contributed by atoms with van der Waals surface area (Å²) in [6.07, 6.45) is -1.45. The molecule has 0 spiro atoms. The van der Waals surface area contributed by atoms with Crippen molar-refractivity contribution in [1.82, 2.24) is 4.90 Å². The molecular formula is C25H33ClN2O9. The third-order valence-corrected chi connectivity index (χ3v) is 5.22. The average Bonchev–Trinajstić information content (AvgIpc) is 2.84. The predicted molar refractivity (Wildman–Crippen MR) is 136 cm³/mol. The summed E-state index contributed by atoms with van der Waals surface area (Å²) in [5, 5.41) is 11.4. The summed E-state index contributed by atoms with van der Waals surface area (Å²) in [5.41, 5.74) is 0.0819. The normalized spacial score (nSPS) is 15.2. The Balaban J connectivity index is 0.00000334. The molecule has 0 aliphatic carbocycles. The Morgan fingerprint density at radius 3 is 2.16 bits per heavy atom. The van der Waals surface area contributed by atoms with E-state index in [2.05, 4.69) is 0 Å². The molecule has 37 heavy (non-hydrogen) atoms. The third kappa shape index (κ3) is 7.77. The van der Waals surface area contributed by atoms with E-state index in [-0.39, 0.29) is 47.0 Å². The lowest BCUT2D eigenvalue weighted by Gasteiger charge is -2.36. The number of alkyl halides is 1. The minimum absolute atomic E-state index is 0.0741. The van der Waals surface area contributed by atoms with Gasteiger partial charge in [-0.15, -0.1) is 0 Å². The van der Waals surface area contributed by atoms with E-state index in [4.69, 9.17) is 30.5 Å². The molecule has 1 aliphatic rings. The van der Waals surface area contributed by atoms with Crippen molar-refractivity contribution in [2.24, 2.45) is 0 Å². The highest BCUT2D eigenvalue weighted by molar-refractivity contribution is 6.17. The summed E-state index contributed by atoms with van der Waals surface area (Å²) in [4.78, 5) is 51.2. The van der Waals surface area contributed by atoms with Gasteiger partial charge in [0.1, 0.15) is 6.61 Å². The van der Waals surface area contributed by atoms with Crippen molar-refractivity contribution in [2.45, 2.75) is 53.6 Å². The Bertz CT molecular complexity index is 1070. The van der Waals surface area contributed by atoms with Gasteiger partial charge >= 0.3 is 18.0 Å². The minimum atomic E-state index is -1.13. The van der Waals surface area contributed by atoms with Crippen LogP contribution in [0.5, 0.6) is 0 Å². The van der Waals surface area contributed by atoms with Gasteiger partial charge in [-0.05, 0) is 33.3 Å². The van der Waals surface area contributed by atoms with Crippen LogP contribution in [0.15, 0.2) is 46.8 Å². The van der Waals surface area contributed by atoms with E-state index >= 15 is 0 Å². The molecule has 2 rings (SSSR count). The van der Waals surface area contributed by atoms with Crippen molar-refractivity contribution < 1.29 is 38.3 Å². The third-order valence-electron chi connectivity index (χ3n) is 5.11. The molecule has 1 amide bonds. The number of nitro benzene ring substituents is 1. The highest BCUT2D eigenvalue weighted by atomic mass is 35.5. The zero-order valence-corrected chi connectivity index (χ0v) is 22.8. The Morgan fingerprint density at radius 2 is 1.65 bits per heavy atom. The molecule has 0 saturated carbocycles. The number of carbonyl (C=O) groups excluding carboxylic acids is 3. The van der Waals surface area contributed by atoms with Crippen LogP contribution in [0.1, 0.15) is 53.0 Å². The van der Waals surface area contributed by atoms with Gasteiger partial charge in [-0.3, -0.25) is 15.0 Å². The van der Waals surface area contributed by atoms with Crippen molar-refractivity contribution in [3.05, 3.63) is 62.5 Å². The van der Waals surface area contributed by atoms with E-state index in [9.17, 15) is 24.5 Å². The number of benzene rings is 1. The van der Waals surface area contributed by atoms with Crippen molar-refractivity contribution in [3.8, 4) is 0 Å².